The smallest absolute Gasteiger partial charge is 0.174 e. The molecule has 0 aliphatic heterocycles. The highest BCUT2D eigenvalue weighted by atomic mass is 19.2. The van der Waals surface area contributed by atoms with Crippen molar-refractivity contribution < 1.29 is 8.78 Å². The Morgan fingerprint density at radius 3 is 2.08 bits per heavy atom. The van der Waals surface area contributed by atoms with E-state index >= 15 is 0 Å². The zero-order valence-electron chi connectivity index (χ0n) is 15.6. The molecule has 0 radical (unpaired) electrons. The van der Waals surface area contributed by atoms with E-state index in [9.17, 15) is 8.78 Å². The minimum Gasteiger partial charge on any atom is -0.203 e. The van der Waals surface area contributed by atoms with Gasteiger partial charge in [-0.15, -0.1) is 0 Å². The molecule has 1 aromatic carbocycles. The van der Waals surface area contributed by atoms with Gasteiger partial charge in [-0.05, 0) is 74.8 Å². The molecule has 0 bridgehead atoms. The maximum atomic E-state index is 13.9. The highest BCUT2D eigenvalue weighted by Crippen LogP contribution is 2.41. The quantitative estimate of drug-likeness (QED) is 0.527. The van der Waals surface area contributed by atoms with E-state index in [4.69, 9.17) is 0 Å². The number of hydrogen-bond acceptors (Lipinski definition) is 0. The highest BCUT2D eigenvalue weighted by molar-refractivity contribution is 5.38. The topological polar surface area (TPSA) is 0 Å². The number of aryl methyl sites for hydroxylation is 1. The van der Waals surface area contributed by atoms with Crippen molar-refractivity contribution in [3.63, 3.8) is 0 Å². The SMILES string of the molecule is CC[C@H]1CC[C@H]([C@H]2CC[C@H](C#Cc3ccc(C)c(F)c3F)CC2)CC1. The van der Waals surface area contributed by atoms with Gasteiger partial charge >= 0.3 is 0 Å². The molecule has 3 rings (SSSR count). The van der Waals surface area contributed by atoms with Gasteiger partial charge in [0, 0.05) is 5.92 Å². The summed E-state index contributed by atoms with van der Waals surface area (Å²) in [5.41, 5.74) is 0.532. The summed E-state index contributed by atoms with van der Waals surface area (Å²) in [5, 5.41) is 0. The Labute approximate surface area is 151 Å². The first kappa shape index (κ1) is 18.4. The molecular weight excluding hydrogens is 314 g/mol. The number of rotatable bonds is 2. The van der Waals surface area contributed by atoms with Crippen LogP contribution in [0.1, 0.15) is 75.8 Å². The average Bonchev–Trinajstić information content (AvgIpc) is 2.66. The molecule has 0 saturated heterocycles. The predicted molar refractivity (Wildman–Crippen MR) is 99.2 cm³/mol. The minimum absolute atomic E-state index is 0.197. The van der Waals surface area contributed by atoms with E-state index in [1.165, 1.54) is 44.9 Å². The van der Waals surface area contributed by atoms with Gasteiger partial charge < -0.3 is 0 Å². The molecule has 0 aromatic heterocycles. The average molecular weight is 344 g/mol. The Morgan fingerprint density at radius 2 is 1.48 bits per heavy atom. The zero-order chi connectivity index (χ0) is 17.8. The first-order chi connectivity index (χ1) is 12.1. The van der Waals surface area contributed by atoms with Crippen LogP contribution in [-0.4, -0.2) is 0 Å². The predicted octanol–water partition coefficient (Wildman–Crippen LogP) is 6.65. The van der Waals surface area contributed by atoms with Crippen LogP contribution in [0.2, 0.25) is 0 Å². The Hall–Kier alpha value is -1.36. The molecule has 0 amide bonds. The van der Waals surface area contributed by atoms with Crippen LogP contribution < -0.4 is 0 Å². The number of halogens is 2. The molecule has 2 fully saturated rings. The fourth-order valence-corrected chi connectivity index (χ4v) is 4.73. The molecule has 2 saturated carbocycles. The first-order valence-corrected chi connectivity index (χ1v) is 10.0. The monoisotopic (exact) mass is 344 g/mol. The second-order valence-corrected chi connectivity index (χ2v) is 8.13. The van der Waals surface area contributed by atoms with Gasteiger partial charge in [-0.1, -0.05) is 44.1 Å². The highest BCUT2D eigenvalue weighted by Gasteiger charge is 2.30. The third kappa shape index (κ3) is 4.43. The van der Waals surface area contributed by atoms with Crippen molar-refractivity contribution in [3.8, 4) is 11.8 Å². The van der Waals surface area contributed by atoms with Gasteiger partial charge in [0.15, 0.2) is 11.6 Å². The number of hydrogen-bond donors (Lipinski definition) is 0. The van der Waals surface area contributed by atoms with E-state index in [0.29, 0.717) is 11.5 Å². The van der Waals surface area contributed by atoms with Gasteiger partial charge in [0.1, 0.15) is 0 Å². The molecule has 2 aliphatic carbocycles. The minimum atomic E-state index is -0.797. The van der Waals surface area contributed by atoms with Crippen molar-refractivity contribution in [3.05, 3.63) is 34.9 Å². The summed E-state index contributed by atoms with van der Waals surface area (Å²) in [7, 11) is 0. The zero-order valence-corrected chi connectivity index (χ0v) is 15.6. The third-order valence-corrected chi connectivity index (χ3v) is 6.59. The molecule has 136 valence electrons. The van der Waals surface area contributed by atoms with E-state index in [-0.39, 0.29) is 5.56 Å². The van der Waals surface area contributed by atoms with E-state index in [1.807, 2.05) is 0 Å². The summed E-state index contributed by atoms with van der Waals surface area (Å²) >= 11 is 0. The van der Waals surface area contributed by atoms with E-state index < -0.39 is 11.6 Å². The van der Waals surface area contributed by atoms with Crippen molar-refractivity contribution in [1.82, 2.24) is 0 Å². The molecule has 2 heteroatoms. The van der Waals surface area contributed by atoms with Gasteiger partial charge in [-0.2, -0.15) is 0 Å². The lowest BCUT2D eigenvalue weighted by Gasteiger charge is -2.36. The van der Waals surface area contributed by atoms with Crippen molar-refractivity contribution >= 4 is 0 Å². The van der Waals surface area contributed by atoms with Crippen molar-refractivity contribution in [1.29, 1.82) is 0 Å². The standard InChI is InChI=1S/C23H30F2/c1-3-17-5-11-19(12-6-17)20-13-7-18(8-14-20)9-15-21-10-4-16(2)22(24)23(21)25/h4,10,17-20H,3,5-8,11-14H2,1-2H3/t17-,18-,19-,20-. The van der Waals surface area contributed by atoms with Gasteiger partial charge in [0.2, 0.25) is 0 Å². The van der Waals surface area contributed by atoms with Crippen LogP contribution in [-0.2, 0) is 0 Å². The van der Waals surface area contributed by atoms with E-state index in [1.54, 1.807) is 19.1 Å². The summed E-state index contributed by atoms with van der Waals surface area (Å²) in [6, 6.07) is 3.20. The molecule has 0 heterocycles. The second kappa shape index (κ2) is 8.35. The summed E-state index contributed by atoms with van der Waals surface area (Å²) in [4.78, 5) is 0. The third-order valence-electron chi connectivity index (χ3n) is 6.59. The Balaban J connectivity index is 1.53. The van der Waals surface area contributed by atoms with E-state index in [2.05, 4.69) is 18.8 Å². The number of benzene rings is 1. The molecule has 2 aliphatic rings. The summed E-state index contributed by atoms with van der Waals surface area (Å²) < 4.78 is 27.5. The summed E-state index contributed by atoms with van der Waals surface area (Å²) in [5.74, 6) is 7.62. The lowest BCUT2D eigenvalue weighted by Crippen LogP contribution is -2.25. The molecule has 1 aromatic rings. The molecule has 0 N–H and O–H groups in total. The lowest BCUT2D eigenvalue weighted by atomic mass is 9.69. The van der Waals surface area contributed by atoms with Crippen molar-refractivity contribution in [2.45, 2.75) is 71.6 Å². The first-order valence-electron chi connectivity index (χ1n) is 10.0. The van der Waals surface area contributed by atoms with Crippen LogP contribution in [0, 0.1) is 54.1 Å². The fourth-order valence-electron chi connectivity index (χ4n) is 4.73. The van der Waals surface area contributed by atoms with Gasteiger partial charge in [0.05, 0.1) is 5.56 Å². The Bertz CT molecular complexity index is 636. The Kier molecular flexibility index (Phi) is 6.15. The maximum Gasteiger partial charge on any atom is 0.174 e. The van der Waals surface area contributed by atoms with Gasteiger partial charge in [-0.3, -0.25) is 0 Å². The van der Waals surface area contributed by atoms with E-state index in [0.717, 1.165) is 30.6 Å². The van der Waals surface area contributed by atoms with Crippen LogP contribution in [0.25, 0.3) is 0 Å². The van der Waals surface area contributed by atoms with Gasteiger partial charge in [-0.25, -0.2) is 8.78 Å². The molecule has 0 nitrogen and oxygen atoms in total. The molecule has 0 atom stereocenters. The van der Waals surface area contributed by atoms with Crippen LogP contribution in [0.5, 0.6) is 0 Å². The maximum absolute atomic E-state index is 13.9. The molecule has 0 unspecified atom stereocenters. The van der Waals surface area contributed by atoms with Crippen LogP contribution in [0.3, 0.4) is 0 Å². The normalized spacial score (nSPS) is 29.8. The summed E-state index contributed by atoms with van der Waals surface area (Å²) in [6.45, 7) is 3.89. The molecular formula is C23H30F2. The van der Waals surface area contributed by atoms with Crippen LogP contribution >= 0.6 is 0 Å². The van der Waals surface area contributed by atoms with Gasteiger partial charge in [0.25, 0.3) is 0 Å². The fraction of sp³-hybridized carbons (Fsp3) is 0.652. The molecule has 0 spiro atoms. The second-order valence-electron chi connectivity index (χ2n) is 8.13. The molecule has 25 heavy (non-hydrogen) atoms. The lowest BCUT2D eigenvalue weighted by molar-refractivity contribution is 0.156. The largest absolute Gasteiger partial charge is 0.203 e. The van der Waals surface area contributed by atoms with Crippen LogP contribution in [0.15, 0.2) is 12.1 Å². The van der Waals surface area contributed by atoms with Crippen molar-refractivity contribution in [2.75, 3.05) is 0 Å². The van der Waals surface area contributed by atoms with Crippen molar-refractivity contribution in [2.24, 2.45) is 23.7 Å². The Morgan fingerprint density at radius 1 is 0.880 bits per heavy atom. The van der Waals surface area contributed by atoms with Crippen LogP contribution in [0.4, 0.5) is 8.78 Å². The summed E-state index contributed by atoms with van der Waals surface area (Å²) in [6.07, 6.45) is 11.7.